The van der Waals surface area contributed by atoms with Gasteiger partial charge in [0.2, 0.25) is 10.0 Å². The van der Waals surface area contributed by atoms with Crippen molar-refractivity contribution in [3.05, 3.63) is 70.4 Å². The van der Waals surface area contributed by atoms with Crippen molar-refractivity contribution in [1.82, 2.24) is 14.2 Å². The van der Waals surface area contributed by atoms with Crippen molar-refractivity contribution in [3.8, 4) is 5.69 Å². The standard InChI is InChI=1S/C23H27N3O3S2/c1-16-7-4-5-8-21(16)26-17(2)15-20(18(26)3)23(27)25-12-10-19(11-13-25)24-31(28,29)22-9-6-14-30-22/h4-9,14-15,19,24H,10-13H2,1-3H3. The molecule has 0 spiro atoms. The van der Waals surface area contributed by atoms with Crippen molar-refractivity contribution in [3.63, 3.8) is 0 Å². The molecule has 0 saturated carbocycles. The number of benzene rings is 1. The zero-order chi connectivity index (χ0) is 22.2. The van der Waals surface area contributed by atoms with Gasteiger partial charge in [-0.2, -0.15) is 0 Å². The van der Waals surface area contributed by atoms with Crippen LogP contribution in [0.2, 0.25) is 0 Å². The van der Waals surface area contributed by atoms with Crippen LogP contribution in [0.1, 0.15) is 40.2 Å². The summed E-state index contributed by atoms with van der Waals surface area (Å²) in [4.78, 5) is 15.1. The SMILES string of the molecule is Cc1ccccc1-n1c(C)cc(C(=O)N2CCC(NS(=O)(=O)c3cccs3)CC2)c1C. The number of piperidine rings is 1. The predicted molar refractivity (Wildman–Crippen MR) is 124 cm³/mol. The van der Waals surface area contributed by atoms with Gasteiger partial charge in [-0.05, 0) is 62.8 Å². The predicted octanol–water partition coefficient (Wildman–Crippen LogP) is 4.05. The van der Waals surface area contributed by atoms with Crippen molar-refractivity contribution in [2.75, 3.05) is 13.1 Å². The average molecular weight is 458 g/mol. The summed E-state index contributed by atoms with van der Waals surface area (Å²) in [6.07, 6.45) is 1.21. The Labute approximate surface area is 187 Å². The van der Waals surface area contributed by atoms with Gasteiger partial charge in [-0.15, -0.1) is 11.3 Å². The summed E-state index contributed by atoms with van der Waals surface area (Å²) >= 11 is 1.21. The zero-order valence-corrected chi connectivity index (χ0v) is 19.6. The van der Waals surface area contributed by atoms with E-state index in [2.05, 4.69) is 28.3 Å². The summed E-state index contributed by atoms with van der Waals surface area (Å²) in [5.74, 6) is 0.00694. The number of rotatable bonds is 5. The van der Waals surface area contributed by atoms with Crippen LogP contribution in [0.5, 0.6) is 0 Å². The Hall–Kier alpha value is -2.42. The molecular formula is C23H27N3O3S2. The average Bonchev–Trinajstić information content (AvgIpc) is 3.38. The molecule has 31 heavy (non-hydrogen) atoms. The lowest BCUT2D eigenvalue weighted by molar-refractivity contribution is 0.0710. The Morgan fingerprint density at radius 3 is 2.42 bits per heavy atom. The number of thiophene rings is 1. The molecule has 6 nitrogen and oxygen atoms in total. The molecule has 0 aliphatic carbocycles. The molecule has 0 bridgehead atoms. The normalized spacial score (nSPS) is 15.4. The van der Waals surface area contributed by atoms with Gasteiger partial charge in [-0.1, -0.05) is 24.3 Å². The number of nitrogens with one attached hydrogen (secondary N) is 1. The summed E-state index contributed by atoms with van der Waals surface area (Å²) in [6, 6.07) is 13.3. The van der Waals surface area contributed by atoms with Gasteiger partial charge in [0.15, 0.2) is 0 Å². The lowest BCUT2D eigenvalue weighted by Gasteiger charge is -2.32. The van der Waals surface area contributed by atoms with Crippen molar-refractivity contribution >= 4 is 27.3 Å². The first-order valence-corrected chi connectivity index (χ1v) is 12.7. The van der Waals surface area contributed by atoms with Crippen LogP contribution in [-0.2, 0) is 10.0 Å². The Morgan fingerprint density at radius 2 is 1.77 bits per heavy atom. The van der Waals surface area contributed by atoms with Crippen LogP contribution >= 0.6 is 11.3 Å². The fourth-order valence-corrected chi connectivity index (χ4v) is 6.54. The Morgan fingerprint density at radius 1 is 1.06 bits per heavy atom. The molecule has 164 valence electrons. The summed E-state index contributed by atoms with van der Waals surface area (Å²) in [5, 5.41) is 1.75. The third-order valence-electron chi connectivity index (χ3n) is 5.88. The summed E-state index contributed by atoms with van der Waals surface area (Å²) in [7, 11) is -3.49. The number of hydrogen-bond donors (Lipinski definition) is 1. The molecule has 1 saturated heterocycles. The van der Waals surface area contributed by atoms with Gasteiger partial charge in [0.25, 0.3) is 5.91 Å². The molecule has 1 amide bonds. The molecule has 8 heteroatoms. The van der Waals surface area contributed by atoms with E-state index in [0.29, 0.717) is 35.7 Å². The van der Waals surface area contributed by atoms with E-state index in [1.165, 1.54) is 11.3 Å². The van der Waals surface area contributed by atoms with Gasteiger partial charge < -0.3 is 9.47 Å². The van der Waals surface area contributed by atoms with E-state index in [-0.39, 0.29) is 11.9 Å². The molecule has 0 radical (unpaired) electrons. The monoisotopic (exact) mass is 457 g/mol. The summed E-state index contributed by atoms with van der Waals surface area (Å²) in [5.41, 5.74) is 4.89. The first-order chi connectivity index (χ1) is 14.8. The van der Waals surface area contributed by atoms with Gasteiger partial charge >= 0.3 is 0 Å². The van der Waals surface area contributed by atoms with E-state index >= 15 is 0 Å². The maximum atomic E-state index is 13.3. The first-order valence-electron chi connectivity index (χ1n) is 10.4. The van der Waals surface area contributed by atoms with Crippen molar-refractivity contribution in [2.45, 2.75) is 43.9 Å². The van der Waals surface area contributed by atoms with Crippen LogP contribution < -0.4 is 4.72 Å². The third kappa shape index (κ3) is 4.33. The minimum Gasteiger partial charge on any atom is -0.338 e. The summed E-state index contributed by atoms with van der Waals surface area (Å²) < 4.78 is 30.2. The molecule has 4 rings (SSSR count). The molecule has 1 fully saturated rings. The lowest BCUT2D eigenvalue weighted by atomic mass is 10.0. The minimum atomic E-state index is -3.49. The minimum absolute atomic E-state index is 0.00694. The van der Waals surface area contributed by atoms with Gasteiger partial charge in [0.1, 0.15) is 4.21 Å². The highest BCUT2D eigenvalue weighted by atomic mass is 32.2. The number of likely N-dealkylation sites (tertiary alicyclic amines) is 1. The fourth-order valence-electron chi connectivity index (χ4n) is 4.23. The number of para-hydroxylation sites is 1. The second-order valence-electron chi connectivity index (χ2n) is 8.03. The molecule has 1 N–H and O–H groups in total. The number of carbonyl (C=O) groups is 1. The van der Waals surface area contributed by atoms with Crippen LogP contribution in [0.25, 0.3) is 5.69 Å². The Balaban J connectivity index is 1.46. The molecule has 0 unspecified atom stereocenters. The van der Waals surface area contributed by atoms with Crippen LogP contribution in [-0.4, -0.2) is 42.9 Å². The van der Waals surface area contributed by atoms with E-state index in [1.54, 1.807) is 17.5 Å². The topological polar surface area (TPSA) is 71.4 Å². The van der Waals surface area contributed by atoms with Gasteiger partial charge in [-0.3, -0.25) is 4.79 Å². The second-order valence-corrected chi connectivity index (χ2v) is 10.9. The van der Waals surface area contributed by atoms with E-state index in [4.69, 9.17) is 0 Å². The summed E-state index contributed by atoms with van der Waals surface area (Å²) in [6.45, 7) is 7.13. The first kappa shape index (κ1) is 21.8. The van der Waals surface area contributed by atoms with E-state index in [1.807, 2.05) is 36.9 Å². The van der Waals surface area contributed by atoms with E-state index < -0.39 is 10.0 Å². The maximum Gasteiger partial charge on any atom is 0.255 e. The number of nitrogens with zero attached hydrogens (tertiary/aromatic N) is 2. The number of hydrogen-bond acceptors (Lipinski definition) is 4. The number of carbonyl (C=O) groups excluding carboxylic acids is 1. The third-order valence-corrected chi connectivity index (χ3v) is 8.80. The van der Waals surface area contributed by atoms with Gasteiger partial charge in [0.05, 0.1) is 5.56 Å². The Kier molecular flexibility index (Phi) is 6.05. The van der Waals surface area contributed by atoms with Crippen molar-refractivity contribution in [2.24, 2.45) is 0 Å². The number of sulfonamides is 1. The largest absolute Gasteiger partial charge is 0.338 e. The highest BCUT2D eigenvalue weighted by Gasteiger charge is 2.29. The Bertz CT molecular complexity index is 1190. The molecule has 3 aromatic rings. The van der Waals surface area contributed by atoms with Crippen LogP contribution in [0.15, 0.2) is 52.1 Å². The van der Waals surface area contributed by atoms with Crippen molar-refractivity contribution < 1.29 is 13.2 Å². The highest BCUT2D eigenvalue weighted by Crippen LogP contribution is 2.25. The molecule has 1 aromatic carbocycles. The molecular weight excluding hydrogens is 430 g/mol. The van der Waals surface area contributed by atoms with Crippen molar-refractivity contribution in [1.29, 1.82) is 0 Å². The molecule has 1 aliphatic rings. The molecule has 2 aromatic heterocycles. The van der Waals surface area contributed by atoms with E-state index in [9.17, 15) is 13.2 Å². The number of aryl methyl sites for hydroxylation is 2. The van der Waals surface area contributed by atoms with Gasteiger partial charge in [0, 0.05) is 36.2 Å². The quantitative estimate of drug-likeness (QED) is 0.628. The van der Waals surface area contributed by atoms with E-state index in [0.717, 1.165) is 22.6 Å². The van der Waals surface area contributed by atoms with Crippen LogP contribution in [0.3, 0.4) is 0 Å². The maximum absolute atomic E-state index is 13.3. The number of aromatic nitrogens is 1. The lowest BCUT2D eigenvalue weighted by Crippen LogP contribution is -2.46. The van der Waals surface area contributed by atoms with Crippen LogP contribution in [0, 0.1) is 20.8 Å². The molecule has 3 heterocycles. The second kappa shape index (κ2) is 8.61. The fraction of sp³-hybridized carbons (Fsp3) is 0.348. The molecule has 0 atom stereocenters. The number of amides is 1. The highest BCUT2D eigenvalue weighted by molar-refractivity contribution is 7.91. The van der Waals surface area contributed by atoms with Crippen LogP contribution in [0.4, 0.5) is 0 Å². The molecule has 1 aliphatic heterocycles. The zero-order valence-electron chi connectivity index (χ0n) is 18.0. The smallest absolute Gasteiger partial charge is 0.255 e. The van der Waals surface area contributed by atoms with Gasteiger partial charge in [-0.25, -0.2) is 13.1 Å².